The number of oxazole rings is 1. The van der Waals surface area contributed by atoms with E-state index < -0.39 is 15.8 Å². The number of aromatic nitrogens is 3. The van der Waals surface area contributed by atoms with E-state index in [2.05, 4.69) is 9.71 Å². The summed E-state index contributed by atoms with van der Waals surface area (Å²) in [6, 6.07) is 4.33. The molecule has 3 rings (SSSR count). The van der Waals surface area contributed by atoms with Crippen LogP contribution in [-0.4, -0.2) is 29.1 Å². The first kappa shape index (κ1) is 15.5. The highest BCUT2D eigenvalue weighted by atomic mass is 32.2. The van der Waals surface area contributed by atoms with Crippen LogP contribution < -0.4 is 10.5 Å². The van der Waals surface area contributed by atoms with Gasteiger partial charge in [-0.05, 0) is 24.6 Å². The van der Waals surface area contributed by atoms with E-state index >= 15 is 0 Å². The van der Waals surface area contributed by atoms with Crippen LogP contribution in [0.5, 0.6) is 0 Å². The Morgan fingerprint density at radius 2 is 2.17 bits per heavy atom. The number of nitrogens with one attached hydrogen (secondary N) is 1. The maximum atomic E-state index is 12.3. The Kier molecular flexibility index (Phi) is 4.05. The summed E-state index contributed by atoms with van der Waals surface area (Å²) < 4.78 is 35.3. The Morgan fingerprint density at radius 1 is 1.35 bits per heavy atom. The number of imidazole rings is 1. The molecule has 0 fully saturated rings. The van der Waals surface area contributed by atoms with Crippen molar-refractivity contribution >= 4 is 21.1 Å². The molecular weight excluding hydrogens is 320 g/mol. The van der Waals surface area contributed by atoms with Crippen LogP contribution in [0.15, 0.2) is 51.0 Å². The fourth-order valence-electron chi connectivity index (χ4n) is 2.24. The molecule has 23 heavy (non-hydrogen) atoms. The lowest BCUT2D eigenvalue weighted by atomic mass is 10.3. The van der Waals surface area contributed by atoms with Crippen LogP contribution in [0.3, 0.4) is 0 Å². The van der Waals surface area contributed by atoms with Crippen molar-refractivity contribution in [1.29, 1.82) is 0 Å². The third-order valence-corrected chi connectivity index (χ3v) is 4.98. The number of nitrogens with zero attached hydrogens (tertiary/aromatic N) is 3. The summed E-state index contributed by atoms with van der Waals surface area (Å²) in [5, 5.41) is 0. The smallest absolute Gasteiger partial charge is 0.408 e. The molecule has 8 nitrogen and oxygen atoms in total. The lowest BCUT2D eigenvalue weighted by Gasteiger charge is -2.07. The maximum absolute atomic E-state index is 12.3. The van der Waals surface area contributed by atoms with Crippen LogP contribution in [0, 0.1) is 0 Å². The predicted octanol–water partition coefficient (Wildman–Crippen LogP) is 0.697. The molecule has 2 heterocycles. The molecule has 0 aliphatic rings. The molecule has 0 saturated carbocycles. The van der Waals surface area contributed by atoms with Gasteiger partial charge in [-0.3, -0.25) is 4.57 Å². The number of fused-ring (bicyclic) bond motifs is 1. The van der Waals surface area contributed by atoms with Crippen molar-refractivity contribution in [2.24, 2.45) is 7.05 Å². The van der Waals surface area contributed by atoms with Gasteiger partial charge in [0.05, 0.1) is 16.7 Å². The molecule has 9 heteroatoms. The van der Waals surface area contributed by atoms with E-state index in [4.69, 9.17) is 4.42 Å². The first-order valence-corrected chi connectivity index (χ1v) is 8.51. The Morgan fingerprint density at radius 3 is 2.91 bits per heavy atom. The molecule has 1 aromatic carbocycles. The van der Waals surface area contributed by atoms with Crippen molar-refractivity contribution in [3.8, 4) is 0 Å². The molecule has 0 unspecified atom stereocenters. The third-order valence-electron chi connectivity index (χ3n) is 3.52. The topological polar surface area (TPSA) is 99.1 Å². The fourth-order valence-corrected chi connectivity index (χ4v) is 3.34. The zero-order valence-electron chi connectivity index (χ0n) is 12.5. The highest BCUT2D eigenvalue weighted by Gasteiger charge is 2.16. The van der Waals surface area contributed by atoms with Gasteiger partial charge in [0.2, 0.25) is 10.0 Å². The van der Waals surface area contributed by atoms with Crippen LogP contribution >= 0.6 is 0 Å². The van der Waals surface area contributed by atoms with E-state index in [1.165, 1.54) is 29.8 Å². The molecule has 0 spiro atoms. The SMILES string of the molecule is Cn1c(=O)oc2ccc(S(=O)(=O)NCCCn3ccnc3)cc21. The normalized spacial score (nSPS) is 12.0. The van der Waals surface area contributed by atoms with Gasteiger partial charge in [-0.2, -0.15) is 0 Å². The summed E-state index contributed by atoms with van der Waals surface area (Å²) in [4.78, 5) is 15.5. The van der Waals surface area contributed by atoms with Crippen molar-refractivity contribution in [1.82, 2.24) is 18.8 Å². The standard InChI is InChI=1S/C14H16N4O4S/c1-17-12-9-11(3-4-13(12)22-14(17)19)23(20,21)16-5-2-7-18-8-6-15-10-18/h3-4,6,8-10,16H,2,5,7H2,1H3. The molecule has 0 aliphatic carbocycles. The summed E-state index contributed by atoms with van der Waals surface area (Å²) in [5.41, 5.74) is 0.799. The lowest BCUT2D eigenvalue weighted by Crippen LogP contribution is -2.25. The third kappa shape index (κ3) is 3.20. The van der Waals surface area contributed by atoms with Crippen LogP contribution in [0.25, 0.3) is 11.1 Å². The molecule has 0 amide bonds. The molecule has 1 N–H and O–H groups in total. The molecular formula is C14H16N4O4S. The first-order valence-electron chi connectivity index (χ1n) is 7.02. The second-order valence-electron chi connectivity index (χ2n) is 5.11. The van der Waals surface area contributed by atoms with Gasteiger partial charge >= 0.3 is 5.76 Å². The second kappa shape index (κ2) is 6.01. The van der Waals surface area contributed by atoms with E-state index in [0.717, 1.165) is 0 Å². The Hall–Kier alpha value is -2.39. The Labute approximate surface area is 132 Å². The Bertz CT molecular complexity index is 970. The summed E-state index contributed by atoms with van der Waals surface area (Å²) in [6.07, 6.45) is 5.82. The Balaban J connectivity index is 1.71. The minimum atomic E-state index is -3.63. The molecule has 122 valence electrons. The highest BCUT2D eigenvalue weighted by molar-refractivity contribution is 7.89. The average Bonchev–Trinajstić information content (AvgIpc) is 3.13. The van der Waals surface area contributed by atoms with Gasteiger partial charge in [-0.15, -0.1) is 0 Å². The fraction of sp³-hybridized carbons (Fsp3) is 0.286. The largest absolute Gasteiger partial charge is 0.419 e. The van der Waals surface area contributed by atoms with Gasteiger partial charge in [-0.1, -0.05) is 0 Å². The van der Waals surface area contributed by atoms with Crippen molar-refractivity contribution in [2.75, 3.05) is 6.54 Å². The number of aryl methyl sites for hydroxylation is 2. The molecule has 0 saturated heterocycles. The van der Waals surface area contributed by atoms with Crippen LogP contribution in [0.2, 0.25) is 0 Å². The number of hydrogen-bond acceptors (Lipinski definition) is 5. The van der Waals surface area contributed by atoms with E-state index in [9.17, 15) is 13.2 Å². The molecule has 0 atom stereocenters. The van der Waals surface area contributed by atoms with Crippen molar-refractivity contribution in [3.05, 3.63) is 47.5 Å². The van der Waals surface area contributed by atoms with Gasteiger partial charge in [0.1, 0.15) is 0 Å². The van der Waals surface area contributed by atoms with Gasteiger partial charge in [0, 0.05) is 32.5 Å². The minimum absolute atomic E-state index is 0.101. The number of rotatable bonds is 6. The molecule has 0 radical (unpaired) electrons. The second-order valence-corrected chi connectivity index (χ2v) is 6.88. The van der Waals surface area contributed by atoms with Gasteiger partial charge in [-0.25, -0.2) is 22.9 Å². The van der Waals surface area contributed by atoms with Crippen molar-refractivity contribution in [3.63, 3.8) is 0 Å². The average molecular weight is 336 g/mol. The molecule has 0 aliphatic heterocycles. The van der Waals surface area contributed by atoms with E-state index in [1.54, 1.807) is 12.5 Å². The van der Waals surface area contributed by atoms with Crippen LogP contribution in [0.1, 0.15) is 6.42 Å². The summed E-state index contributed by atoms with van der Waals surface area (Å²) in [5.74, 6) is -0.525. The first-order chi connectivity index (χ1) is 11.0. The highest BCUT2D eigenvalue weighted by Crippen LogP contribution is 2.17. The maximum Gasteiger partial charge on any atom is 0.419 e. The molecule has 2 aromatic heterocycles. The van der Waals surface area contributed by atoms with E-state index in [0.29, 0.717) is 30.6 Å². The monoisotopic (exact) mass is 336 g/mol. The summed E-state index contributed by atoms with van der Waals surface area (Å²) >= 11 is 0. The summed E-state index contributed by atoms with van der Waals surface area (Å²) in [6.45, 7) is 0.987. The van der Waals surface area contributed by atoms with Gasteiger partial charge in [0.15, 0.2) is 5.58 Å². The van der Waals surface area contributed by atoms with E-state index in [1.807, 2.05) is 10.8 Å². The quantitative estimate of drug-likeness (QED) is 0.668. The van der Waals surface area contributed by atoms with Crippen molar-refractivity contribution in [2.45, 2.75) is 17.9 Å². The van der Waals surface area contributed by atoms with Crippen LogP contribution in [0.4, 0.5) is 0 Å². The predicted molar refractivity (Wildman–Crippen MR) is 83.5 cm³/mol. The lowest BCUT2D eigenvalue weighted by molar-refractivity contribution is 0.528. The number of benzene rings is 1. The van der Waals surface area contributed by atoms with Gasteiger partial charge in [0.25, 0.3) is 0 Å². The molecule has 0 bridgehead atoms. The minimum Gasteiger partial charge on any atom is -0.408 e. The number of hydrogen-bond donors (Lipinski definition) is 1. The molecule has 3 aromatic rings. The van der Waals surface area contributed by atoms with E-state index in [-0.39, 0.29) is 4.90 Å². The van der Waals surface area contributed by atoms with Crippen molar-refractivity contribution < 1.29 is 12.8 Å². The summed E-state index contributed by atoms with van der Waals surface area (Å²) in [7, 11) is -2.10. The zero-order chi connectivity index (χ0) is 16.4. The van der Waals surface area contributed by atoms with Crippen LogP contribution in [-0.2, 0) is 23.6 Å². The number of sulfonamides is 1. The zero-order valence-corrected chi connectivity index (χ0v) is 13.3. The van der Waals surface area contributed by atoms with Gasteiger partial charge < -0.3 is 8.98 Å².